The van der Waals surface area contributed by atoms with Crippen LogP contribution in [0.25, 0.3) is 0 Å². The number of allylic oxidation sites excluding steroid dienone is 3. The van der Waals surface area contributed by atoms with E-state index in [1.54, 1.807) is 12.1 Å². The maximum Gasteiger partial charge on any atom is 0.303 e. The fraction of sp³-hybridized carbons (Fsp3) is 0.641. The molecule has 0 aliphatic heterocycles. The monoisotopic (exact) mass is 662 g/mol. The van der Waals surface area contributed by atoms with E-state index in [-0.39, 0.29) is 59.2 Å². The normalized spacial score (nSPS) is 36.2. The van der Waals surface area contributed by atoms with Crippen LogP contribution in [0.5, 0.6) is 0 Å². The van der Waals surface area contributed by atoms with Gasteiger partial charge >= 0.3 is 17.9 Å². The Morgan fingerprint density at radius 3 is 2.15 bits per heavy atom. The number of esters is 3. The van der Waals surface area contributed by atoms with E-state index in [1.807, 2.05) is 24.3 Å². The lowest BCUT2D eigenvalue weighted by atomic mass is 9.51. The molecule has 10 unspecified atom stereocenters. The molecule has 1 N–H and O–H groups in total. The molecule has 9 nitrogen and oxygen atoms in total. The first kappa shape index (κ1) is 35.8. The number of hydrogen-bond donors (Lipinski definition) is 1. The summed E-state index contributed by atoms with van der Waals surface area (Å²) in [5, 5.41) is 3.20. The number of benzene rings is 1. The largest absolute Gasteiger partial charge is 0.465 e. The van der Waals surface area contributed by atoms with E-state index in [9.17, 15) is 19.2 Å². The van der Waals surface area contributed by atoms with E-state index in [0.29, 0.717) is 12.0 Å². The Balaban J connectivity index is 1.56. The van der Waals surface area contributed by atoms with Gasteiger partial charge in [0.1, 0.15) is 12.2 Å². The van der Waals surface area contributed by atoms with Crippen LogP contribution in [0.3, 0.4) is 0 Å². The van der Waals surface area contributed by atoms with Crippen LogP contribution in [-0.2, 0) is 28.6 Å². The van der Waals surface area contributed by atoms with Gasteiger partial charge in [-0.2, -0.15) is 0 Å². The third kappa shape index (κ3) is 6.35. The molecule has 0 aromatic heterocycles. The number of ether oxygens (including phenoxy) is 3. The van der Waals surface area contributed by atoms with Crippen LogP contribution in [0, 0.1) is 34.0 Å². The Morgan fingerprint density at radius 1 is 0.896 bits per heavy atom. The van der Waals surface area contributed by atoms with Crippen LogP contribution in [0.4, 0.5) is 0 Å². The Kier molecular flexibility index (Phi) is 10.0. The molecule has 4 aliphatic carbocycles. The number of carbonyl (C=O) groups is 4. The maximum absolute atomic E-state index is 13.6. The topological polar surface area (TPSA) is 111 Å². The summed E-state index contributed by atoms with van der Waals surface area (Å²) in [5.74, 6) is -1.02. The van der Waals surface area contributed by atoms with Crippen molar-refractivity contribution in [3.8, 4) is 0 Å². The number of hydrogen-bond acceptors (Lipinski definition) is 8. The maximum atomic E-state index is 13.6. The minimum absolute atomic E-state index is 0.0479. The molecular weight excluding hydrogens is 608 g/mol. The van der Waals surface area contributed by atoms with Gasteiger partial charge in [-0.25, -0.2) is 0 Å². The molecule has 4 aliphatic rings. The van der Waals surface area contributed by atoms with Gasteiger partial charge in [-0.15, -0.1) is 0 Å². The zero-order chi connectivity index (χ0) is 35.2. The van der Waals surface area contributed by atoms with Gasteiger partial charge in [-0.05, 0) is 94.0 Å². The van der Waals surface area contributed by atoms with E-state index in [0.717, 1.165) is 31.3 Å². The third-order valence-electron chi connectivity index (χ3n) is 12.7. The molecule has 0 heterocycles. The van der Waals surface area contributed by atoms with Crippen molar-refractivity contribution in [1.82, 2.24) is 10.2 Å². The van der Waals surface area contributed by atoms with Crippen LogP contribution in [-0.4, -0.2) is 73.7 Å². The number of fused-ring (bicyclic) bond motifs is 4. The van der Waals surface area contributed by atoms with E-state index >= 15 is 0 Å². The standard InChI is InChI=1S/C39H54N2O7/c1-23(41(8)9)34-33(48-26(4)44)21-39(7)31-16-15-30-29(19-28(31)17-18-38(34,39)6)20-32(47-25(3)43)35(37(30,5)22-46-24(2)42)40-36(45)27-13-11-10-12-14-27/h10-14,17,20,23,30-35H,15-16,18-19,21-22H2,1-9H3,(H,40,45). The zero-order valence-electron chi connectivity index (χ0n) is 30.1. The van der Waals surface area contributed by atoms with Gasteiger partial charge in [0.05, 0.1) is 12.6 Å². The molecule has 10 atom stereocenters. The lowest BCUT2D eigenvalue weighted by molar-refractivity contribution is -0.154. The Hall–Kier alpha value is -3.46. The van der Waals surface area contributed by atoms with Crippen molar-refractivity contribution in [2.45, 2.75) is 105 Å². The Labute approximate surface area is 285 Å². The number of amides is 1. The highest BCUT2D eigenvalue weighted by molar-refractivity contribution is 5.94. The van der Waals surface area contributed by atoms with Crippen LogP contribution < -0.4 is 5.32 Å². The Morgan fingerprint density at radius 2 is 1.54 bits per heavy atom. The quantitative estimate of drug-likeness (QED) is 0.209. The second-order valence-corrected chi connectivity index (χ2v) is 15.7. The number of rotatable bonds is 8. The first-order valence-electron chi connectivity index (χ1n) is 17.4. The first-order chi connectivity index (χ1) is 22.5. The highest BCUT2D eigenvalue weighted by Crippen LogP contribution is 2.69. The number of carbonyl (C=O) groups excluding carboxylic acids is 4. The summed E-state index contributed by atoms with van der Waals surface area (Å²) in [6.45, 7) is 13.4. The SMILES string of the molecule is CC(=O)OCC1(C)C2CCC3C(=CCC4(C)C(C(C)N(C)C)C(OC(C)=O)CC34C)CC2=CC(OC(C)=O)C1NC(=O)c1ccccc1. The van der Waals surface area contributed by atoms with Gasteiger partial charge in [0, 0.05) is 43.7 Å². The van der Waals surface area contributed by atoms with Gasteiger partial charge in [0.2, 0.25) is 0 Å². The molecule has 1 amide bonds. The highest BCUT2D eigenvalue weighted by Gasteiger charge is 2.66. The molecular formula is C39H54N2O7. The molecule has 0 spiro atoms. The molecule has 0 radical (unpaired) electrons. The van der Waals surface area contributed by atoms with Crippen molar-refractivity contribution in [3.63, 3.8) is 0 Å². The summed E-state index contributed by atoms with van der Waals surface area (Å²) in [4.78, 5) is 53.0. The molecule has 2 saturated carbocycles. The van der Waals surface area contributed by atoms with Crippen molar-refractivity contribution in [1.29, 1.82) is 0 Å². The Bertz CT molecular complexity index is 1490. The van der Waals surface area contributed by atoms with E-state index in [1.165, 1.54) is 26.3 Å². The van der Waals surface area contributed by atoms with Crippen LogP contribution >= 0.6 is 0 Å². The van der Waals surface area contributed by atoms with Crippen LogP contribution in [0.15, 0.2) is 53.6 Å². The lowest BCUT2D eigenvalue weighted by Crippen LogP contribution is -2.61. The average molecular weight is 663 g/mol. The molecule has 1 aromatic carbocycles. The minimum Gasteiger partial charge on any atom is -0.465 e. The summed E-state index contributed by atoms with van der Waals surface area (Å²) in [7, 11) is 4.19. The fourth-order valence-electron chi connectivity index (χ4n) is 10.1. The smallest absolute Gasteiger partial charge is 0.303 e. The molecule has 262 valence electrons. The fourth-order valence-corrected chi connectivity index (χ4v) is 10.1. The minimum atomic E-state index is -0.767. The molecule has 9 heteroatoms. The van der Waals surface area contributed by atoms with Gasteiger partial charge in [-0.1, -0.05) is 56.2 Å². The first-order valence-corrected chi connectivity index (χ1v) is 17.4. The van der Waals surface area contributed by atoms with Gasteiger partial charge < -0.3 is 24.4 Å². The van der Waals surface area contributed by atoms with Crippen LogP contribution in [0.2, 0.25) is 0 Å². The molecule has 48 heavy (non-hydrogen) atoms. The molecule has 2 fully saturated rings. The second kappa shape index (κ2) is 13.4. The molecule has 0 bridgehead atoms. The van der Waals surface area contributed by atoms with Gasteiger partial charge in [-0.3, -0.25) is 19.2 Å². The van der Waals surface area contributed by atoms with Crippen molar-refractivity contribution in [2.75, 3.05) is 20.7 Å². The summed E-state index contributed by atoms with van der Waals surface area (Å²) < 4.78 is 17.8. The zero-order valence-corrected chi connectivity index (χ0v) is 30.1. The summed E-state index contributed by atoms with van der Waals surface area (Å²) in [6, 6.07) is 8.54. The van der Waals surface area contributed by atoms with Crippen molar-refractivity contribution >= 4 is 23.8 Å². The molecule has 0 saturated heterocycles. The van der Waals surface area contributed by atoms with Crippen LogP contribution in [0.1, 0.15) is 90.9 Å². The van der Waals surface area contributed by atoms with Gasteiger partial charge in [0.25, 0.3) is 5.91 Å². The predicted molar refractivity (Wildman–Crippen MR) is 183 cm³/mol. The second-order valence-electron chi connectivity index (χ2n) is 15.7. The molecule has 5 rings (SSSR count). The van der Waals surface area contributed by atoms with E-state index < -0.39 is 29.5 Å². The van der Waals surface area contributed by atoms with Crippen molar-refractivity contribution in [3.05, 3.63) is 59.2 Å². The molecule has 1 aromatic rings. The average Bonchev–Trinajstić information content (AvgIpc) is 3.11. The summed E-state index contributed by atoms with van der Waals surface area (Å²) in [6.07, 6.45) is 7.60. The van der Waals surface area contributed by atoms with E-state index in [2.05, 4.69) is 58.1 Å². The van der Waals surface area contributed by atoms with Crippen molar-refractivity contribution in [2.24, 2.45) is 34.0 Å². The lowest BCUT2D eigenvalue weighted by Gasteiger charge is -2.53. The number of nitrogens with one attached hydrogen (secondary N) is 1. The van der Waals surface area contributed by atoms with E-state index in [4.69, 9.17) is 14.2 Å². The predicted octanol–water partition coefficient (Wildman–Crippen LogP) is 5.89. The van der Waals surface area contributed by atoms with Gasteiger partial charge in [0.15, 0.2) is 0 Å². The number of nitrogens with zero attached hydrogens (tertiary/aromatic N) is 1. The van der Waals surface area contributed by atoms with Crippen molar-refractivity contribution < 1.29 is 33.4 Å². The summed E-state index contributed by atoms with van der Waals surface area (Å²) in [5.41, 5.74) is 2.00. The summed E-state index contributed by atoms with van der Waals surface area (Å²) >= 11 is 0. The third-order valence-corrected chi connectivity index (χ3v) is 12.7. The highest BCUT2D eigenvalue weighted by atomic mass is 16.6.